The van der Waals surface area contributed by atoms with Gasteiger partial charge in [0.1, 0.15) is 0 Å². The van der Waals surface area contributed by atoms with Crippen molar-refractivity contribution in [3.63, 3.8) is 0 Å². The Balaban J connectivity index is 2.17. The highest BCUT2D eigenvalue weighted by molar-refractivity contribution is 5.92. The molecule has 86 valence electrons. The summed E-state index contributed by atoms with van der Waals surface area (Å²) in [6.07, 6.45) is 2.99. The first kappa shape index (κ1) is 11.3. The normalized spacial score (nSPS) is 10.0. The Labute approximate surface area is 99.3 Å². The highest BCUT2D eigenvalue weighted by Gasteiger charge is 2.11. The van der Waals surface area contributed by atoms with E-state index in [0.29, 0.717) is 5.56 Å². The molecule has 0 aliphatic carbocycles. The van der Waals surface area contributed by atoms with Crippen LogP contribution in [0.5, 0.6) is 5.88 Å². The fourth-order valence-corrected chi connectivity index (χ4v) is 1.39. The molecule has 2 aromatic rings. The van der Waals surface area contributed by atoms with Crippen molar-refractivity contribution in [2.75, 3.05) is 0 Å². The number of esters is 1. The predicted molar refractivity (Wildman–Crippen MR) is 62.9 cm³/mol. The van der Waals surface area contributed by atoms with Gasteiger partial charge in [0.15, 0.2) is 0 Å². The minimum Gasteiger partial charge on any atom is -0.402 e. The van der Waals surface area contributed by atoms with E-state index in [-0.39, 0.29) is 5.88 Å². The summed E-state index contributed by atoms with van der Waals surface area (Å²) in [5.74, 6) is -0.204. The van der Waals surface area contributed by atoms with Crippen molar-refractivity contribution in [2.45, 2.75) is 13.8 Å². The second-order valence-electron chi connectivity index (χ2n) is 3.70. The Bertz CT molecular complexity index is 535. The molecule has 0 amide bonds. The van der Waals surface area contributed by atoms with Gasteiger partial charge in [0.05, 0.1) is 23.7 Å². The smallest absolute Gasteiger partial charge is 0.345 e. The molecule has 0 atom stereocenters. The number of benzene rings is 1. The molecule has 0 N–H and O–H groups in total. The van der Waals surface area contributed by atoms with Gasteiger partial charge in [0.25, 0.3) is 0 Å². The Kier molecular flexibility index (Phi) is 3.14. The largest absolute Gasteiger partial charge is 0.402 e. The molecular weight excluding hydrogens is 216 g/mol. The van der Waals surface area contributed by atoms with Crippen LogP contribution < -0.4 is 4.74 Å². The van der Waals surface area contributed by atoms with Gasteiger partial charge in [-0.3, -0.25) is 4.98 Å². The van der Waals surface area contributed by atoms with E-state index < -0.39 is 5.97 Å². The van der Waals surface area contributed by atoms with Crippen LogP contribution in [0.4, 0.5) is 0 Å². The number of hydrogen-bond acceptors (Lipinski definition) is 4. The third-order valence-electron chi connectivity index (χ3n) is 2.32. The third kappa shape index (κ3) is 2.66. The zero-order valence-corrected chi connectivity index (χ0v) is 9.68. The quantitative estimate of drug-likeness (QED) is 0.740. The zero-order valence-electron chi connectivity index (χ0n) is 9.68. The predicted octanol–water partition coefficient (Wildman–Crippen LogP) is 2.31. The van der Waals surface area contributed by atoms with E-state index in [4.69, 9.17) is 4.74 Å². The maximum Gasteiger partial charge on any atom is 0.345 e. The molecule has 0 fully saturated rings. The zero-order chi connectivity index (χ0) is 12.3. The fraction of sp³-hybridized carbons (Fsp3) is 0.154. The molecule has 1 aromatic carbocycles. The van der Waals surface area contributed by atoms with Gasteiger partial charge in [-0.05, 0) is 25.5 Å². The standard InChI is InChI=1S/C13H12N2O2/c1-9-5-3-4-6-11(9)13(16)17-12-8-14-10(2)7-15-12/h3-8H,1-2H3. The van der Waals surface area contributed by atoms with Gasteiger partial charge < -0.3 is 4.74 Å². The van der Waals surface area contributed by atoms with Crippen LogP contribution in [0.1, 0.15) is 21.6 Å². The van der Waals surface area contributed by atoms with Gasteiger partial charge in [-0.2, -0.15) is 0 Å². The number of hydrogen-bond donors (Lipinski definition) is 0. The summed E-state index contributed by atoms with van der Waals surface area (Å²) in [4.78, 5) is 19.8. The minimum absolute atomic E-state index is 0.212. The maximum absolute atomic E-state index is 11.8. The lowest BCUT2D eigenvalue weighted by molar-refractivity contribution is 0.0726. The molecule has 0 aliphatic rings. The number of ether oxygens (including phenoxy) is 1. The summed E-state index contributed by atoms with van der Waals surface area (Å²) in [5, 5.41) is 0. The molecular formula is C13H12N2O2. The summed E-state index contributed by atoms with van der Waals surface area (Å²) >= 11 is 0. The lowest BCUT2D eigenvalue weighted by atomic mass is 10.1. The second kappa shape index (κ2) is 4.74. The molecule has 1 heterocycles. The minimum atomic E-state index is -0.416. The molecule has 0 bridgehead atoms. The number of aromatic nitrogens is 2. The maximum atomic E-state index is 11.8. The first-order chi connectivity index (χ1) is 8.16. The Morgan fingerprint density at radius 3 is 2.53 bits per heavy atom. The number of nitrogens with zero attached hydrogens (tertiary/aromatic N) is 2. The van der Waals surface area contributed by atoms with Gasteiger partial charge in [-0.1, -0.05) is 18.2 Å². The topological polar surface area (TPSA) is 52.1 Å². The van der Waals surface area contributed by atoms with Crippen LogP contribution in [0.3, 0.4) is 0 Å². The Hall–Kier alpha value is -2.23. The molecule has 1 aromatic heterocycles. The van der Waals surface area contributed by atoms with E-state index in [0.717, 1.165) is 11.3 Å². The lowest BCUT2D eigenvalue weighted by Crippen LogP contribution is -2.11. The number of carbonyl (C=O) groups excluding carboxylic acids is 1. The first-order valence-electron chi connectivity index (χ1n) is 5.23. The summed E-state index contributed by atoms with van der Waals surface area (Å²) in [6, 6.07) is 7.25. The highest BCUT2D eigenvalue weighted by atomic mass is 16.5. The average molecular weight is 228 g/mol. The molecule has 4 heteroatoms. The Morgan fingerprint density at radius 2 is 1.88 bits per heavy atom. The molecule has 17 heavy (non-hydrogen) atoms. The summed E-state index contributed by atoms with van der Waals surface area (Å²) < 4.78 is 5.12. The van der Waals surface area contributed by atoms with E-state index in [2.05, 4.69) is 9.97 Å². The van der Waals surface area contributed by atoms with Crippen molar-refractivity contribution in [2.24, 2.45) is 0 Å². The van der Waals surface area contributed by atoms with Gasteiger partial charge in [0, 0.05) is 0 Å². The summed E-state index contributed by atoms with van der Waals surface area (Å²) in [5.41, 5.74) is 2.19. The van der Waals surface area contributed by atoms with Crippen LogP contribution in [0.25, 0.3) is 0 Å². The summed E-state index contributed by atoms with van der Waals surface area (Å²) in [7, 11) is 0. The van der Waals surface area contributed by atoms with E-state index in [1.807, 2.05) is 26.0 Å². The van der Waals surface area contributed by atoms with Crippen LogP contribution in [0, 0.1) is 13.8 Å². The van der Waals surface area contributed by atoms with E-state index in [1.54, 1.807) is 18.3 Å². The SMILES string of the molecule is Cc1cnc(OC(=O)c2ccccc2C)cn1. The number of aryl methyl sites for hydroxylation is 2. The van der Waals surface area contributed by atoms with Crippen molar-refractivity contribution in [3.8, 4) is 5.88 Å². The monoisotopic (exact) mass is 228 g/mol. The number of rotatable bonds is 2. The first-order valence-corrected chi connectivity index (χ1v) is 5.23. The molecule has 0 aliphatic heterocycles. The highest BCUT2D eigenvalue weighted by Crippen LogP contribution is 2.11. The van der Waals surface area contributed by atoms with Crippen molar-refractivity contribution in [1.82, 2.24) is 9.97 Å². The molecule has 0 spiro atoms. The van der Waals surface area contributed by atoms with Crippen molar-refractivity contribution >= 4 is 5.97 Å². The van der Waals surface area contributed by atoms with Crippen molar-refractivity contribution in [1.29, 1.82) is 0 Å². The van der Waals surface area contributed by atoms with Crippen molar-refractivity contribution < 1.29 is 9.53 Å². The molecule has 0 saturated carbocycles. The van der Waals surface area contributed by atoms with Gasteiger partial charge in [-0.15, -0.1) is 0 Å². The van der Waals surface area contributed by atoms with E-state index >= 15 is 0 Å². The molecule has 2 rings (SSSR count). The second-order valence-corrected chi connectivity index (χ2v) is 3.70. The summed E-state index contributed by atoms with van der Waals surface area (Å²) in [6.45, 7) is 3.68. The van der Waals surface area contributed by atoms with Crippen LogP contribution in [0.15, 0.2) is 36.7 Å². The van der Waals surface area contributed by atoms with Crippen LogP contribution >= 0.6 is 0 Å². The van der Waals surface area contributed by atoms with Gasteiger partial charge in [0.2, 0.25) is 5.88 Å². The van der Waals surface area contributed by atoms with Crippen LogP contribution in [-0.4, -0.2) is 15.9 Å². The van der Waals surface area contributed by atoms with E-state index in [9.17, 15) is 4.79 Å². The molecule has 0 radical (unpaired) electrons. The van der Waals surface area contributed by atoms with Crippen molar-refractivity contribution in [3.05, 3.63) is 53.5 Å². The van der Waals surface area contributed by atoms with Crippen LogP contribution in [-0.2, 0) is 0 Å². The lowest BCUT2D eigenvalue weighted by Gasteiger charge is -2.05. The fourth-order valence-electron chi connectivity index (χ4n) is 1.39. The average Bonchev–Trinajstić information content (AvgIpc) is 2.32. The van der Waals surface area contributed by atoms with Gasteiger partial charge >= 0.3 is 5.97 Å². The van der Waals surface area contributed by atoms with E-state index in [1.165, 1.54) is 6.20 Å². The Morgan fingerprint density at radius 1 is 1.12 bits per heavy atom. The number of carbonyl (C=O) groups is 1. The molecule has 0 saturated heterocycles. The molecule has 4 nitrogen and oxygen atoms in total. The third-order valence-corrected chi connectivity index (χ3v) is 2.32. The van der Waals surface area contributed by atoms with Gasteiger partial charge in [-0.25, -0.2) is 9.78 Å². The van der Waals surface area contributed by atoms with Crippen LogP contribution in [0.2, 0.25) is 0 Å². The molecule has 0 unspecified atom stereocenters.